The van der Waals surface area contributed by atoms with Crippen LogP contribution in [0, 0.1) is 5.82 Å². The summed E-state index contributed by atoms with van der Waals surface area (Å²) in [6.45, 7) is -0.748. The van der Waals surface area contributed by atoms with Gasteiger partial charge in [0.2, 0.25) is 21.8 Å². The number of amides is 2. The Balaban J connectivity index is 2.02. The summed E-state index contributed by atoms with van der Waals surface area (Å²) in [5, 5.41) is 2.58. The molecular formula is C26H28FN3O4S. The Kier molecular flexibility index (Phi) is 8.59. The summed E-state index contributed by atoms with van der Waals surface area (Å²) in [6.07, 6.45) is 1.18. The fourth-order valence-electron chi connectivity index (χ4n) is 3.74. The maximum atomic E-state index is 14.6. The number of nitrogens with zero attached hydrogens (tertiary/aromatic N) is 2. The highest BCUT2D eigenvalue weighted by Gasteiger charge is 2.33. The molecule has 0 aliphatic carbocycles. The second-order valence-electron chi connectivity index (χ2n) is 8.04. The zero-order valence-electron chi connectivity index (χ0n) is 19.6. The Bertz CT molecular complexity index is 1250. The lowest BCUT2D eigenvalue weighted by Crippen LogP contribution is -2.53. The molecule has 0 saturated heterocycles. The van der Waals surface area contributed by atoms with Gasteiger partial charge < -0.3 is 10.2 Å². The molecule has 0 saturated carbocycles. The van der Waals surface area contributed by atoms with E-state index in [-0.39, 0.29) is 18.5 Å². The van der Waals surface area contributed by atoms with Crippen molar-refractivity contribution in [3.63, 3.8) is 0 Å². The van der Waals surface area contributed by atoms with Crippen LogP contribution >= 0.6 is 0 Å². The number of para-hydroxylation sites is 1. The lowest BCUT2D eigenvalue weighted by molar-refractivity contribution is -0.139. The van der Waals surface area contributed by atoms with E-state index in [0.29, 0.717) is 5.69 Å². The zero-order chi connectivity index (χ0) is 25.4. The van der Waals surface area contributed by atoms with E-state index in [4.69, 9.17) is 0 Å². The van der Waals surface area contributed by atoms with Gasteiger partial charge in [-0.05, 0) is 23.8 Å². The van der Waals surface area contributed by atoms with E-state index in [9.17, 15) is 22.4 Å². The third-order valence-corrected chi connectivity index (χ3v) is 6.68. The number of nitrogens with one attached hydrogen (secondary N) is 1. The van der Waals surface area contributed by atoms with E-state index >= 15 is 0 Å². The largest absolute Gasteiger partial charge is 0.357 e. The van der Waals surface area contributed by atoms with E-state index in [1.165, 1.54) is 30.1 Å². The van der Waals surface area contributed by atoms with Crippen molar-refractivity contribution in [3.05, 3.63) is 102 Å². The monoisotopic (exact) mass is 497 g/mol. The third-order valence-electron chi connectivity index (χ3n) is 5.54. The molecule has 0 heterocycles. The summed E-state index contributed by atoms with van der Waals surface area (Å²) < 4.78 is 40.7. The van der Waals surface area contributed by atoms with Crippen LogP contribution in [0.1, 0.15) is 11.1 Å². The standard InChI is InChI=1S/C26H28FN3O4S/c1-28-26(32)24(17-20-11-5-3-6-12-20)29(18-21-13-9-10-16-23(21)27)25(31)19-30(35(2,33)34)22-14-7-4-8-15-22/h3-16,24H,17-19H2,1-2H3,(H,28,32)/t24-/m1/s1. The second-order valence-corrected chi connectivity index (χ2v) is 9.94. The molecule has 2 amide bonds. The average Bonchev–Trinajstić information content (AvgIpc) is 2.85. The number of hydrogen-bond donors (Lipinski definition) is 1. The number of likely N-dealkylation sites (N-methyl/N-ethyl adjacent to an activating group) is 1. The molecule has 184 valence electrons. The van der Waals surface area contributed by atoms with Gasteiger partial charge in [-0.3, -0.25) is 13.9 Å². The molecule has 7 nitrogen and oxygen atoms in total. The van der Waals surface area contributed by atoms with Gasteiger partial charge in [0.25, 0.3) is 0 Å². The highest BCUT2D eigenvalue weighted by atomic mass is 32.2. The summed E-state index contributed by atoms with van der Waals surface area (Å²) in [5.74, 6) is -1.60. The van der Waals surface area contributed by atoms with Gasteiger partial charge in [0.1, 0.15) is 18.4 Å². The molecule has 1 atom stereocenters. The van der Waals surface area contributed by atoms with E-state index in [1.807, 2.05) is 30.3 Å². The van der Waals surface area contributed by atoms with Gasteiger partial charge in [0.15, 0.2) is 0 Å². The fourth-order valence-corrected chi connectivity index (χ4v) is 4.59. The molecule has 0 aromatic heterocycles. The minimum absolute atomic E-state index is 0.172. The molecule has 0 spiro atoms. The van der Waals surface area contributed by atoms with Crippen molar-refractivity contribution in [2.45, 2.75) is 19.0 Å². The first kappa shape index (κ1) is 25.9. The van der Waals surface area contributed by atoms with Gasteiger partial charge >= 0.3 is 0 Å². The Morgan fingerprint density at radius 1 is 0.914 bits per heavy atom. The fraction of sp³-hybridized carbons (Fsp3) is 0.231. The maximum absolute atomic E-state index is 14.6. The van der Waals surface area contributed by atoms with Gasteiger partial charge in [-0.2, -0.15) is 0 Å². The molecule has 9 heteroatoms. The smallest absolute Gasteiger partial charge is 0.244 e. The number of carbonyl (C=O) groups excluding carboxylic acids is 2. The third kappa shape index (κ3) is 6.89. The molecule has 0 fully saturated rings. The van der Waals surface area contributed by atoms with Crippen LogP contribution in [0.2, 0.25) is 0 Å². The van der Waals surface area contributed by atoms with E-state index in [2.05, 4.69) is 5.32 Å². The van der Waals surface area contributed by atoms with Gasteiger partial charge in [-0.1, -0.05) is 66.7 Å². The Morgan fingerprint density at radius 2 is 1.49 bits per heavy atom. The molecule has 0 unspecified atom stereocenters. The predicted octanol–water partition coefficient (Wildman–Crippen LogP) is 2.98. The number of benzene rings is 3. The molecule has 0 bridgehead atoms. The lowest BCUT2D eigenvalue weighted by Gasteiger charge is -2.33. The summed E-state index contributed by atoms with van der Waals surface area (Å²) in [4.78, 5) is 27.9. The number of hydrogen-bond acceptors (Lipinski definition) is 4. The Labute approximate surface area is 205 Å². The van der Waals surface area contributed by atoms with Crippen LogP contribution in [0.15, 0.2) is 84.9 Å². The molecule has 35 heavy (non-hydrogen) atoms. The molecular weight excluding hydrogens is 469 g/mol. The van der Waals surface area contributed by atoms with Crippen molar-refractivity contribution in [1.82, 2.24) is 10.2 Å². The van der Waals surface area contributed by atoms with Crippen molar-refractivity contribution in [2.75, 3.05) is 24.2 Å². The summed E-state index contributed by atoms with van der Waals surface area (Å²) in [5.41, 5.74) is 1.33. The number of carbonyl (C=O) groups is 2. The van der Waals surface area contributed by atoms with E-state index in [1.54, 1.807) is 36.4 Å². The van der Waals surface area contributed by atoms with Crippen LogP contribution < -0.4 is 9.62 Å². The number of halogens is 1. The van der Waals surface area contributed by atoms with Crippen molar-refractivity contribution >= 4 is 27.5 Å². The van der Waals surface area contributed by atoms with Crippen molar-refractivity contribution in [3.8, 4) is 0 Å². The highest BCUT2D eigenvalue weighted by molar-refractivity contribution is 7.92. The van der Waals surface area contributed by atoms with E-state index in [0.717, 1.165) is 16.1 Å². The van der Waals surface area contributed by atoms with Crippen LogP contribution in [0.5, 0.6) is 0 Å². The number of anilines is 1. The van der Waals surface area contributed by atoms with Gasteiger partial charge in [-0.15, -0.1) is 0 Å². The summed E-state index contributed by atoms with van der Waals surface area (Å²) >= 11 is 0. The Hall–Kier alpha value is -3.72. The van der Waals surface area contributed by atoms with Crippen molar-refractivity contribution in [2.24, 2.45) is 0 Å². The van der Waals surface area contributed by atoms with Crippen molar-refractivity contribution in [1.29, 1.82) is 0 Å². The lowest BCUT2D eigenvalue weighted by atomic mass is 10.0. The number of rotatable bonds is 10. The SMILES string of the molecule is CNC(=O)[C@@H](Cc1ccccc1)N(Cc1ccccc1F)C(=O)CN(c1ccccc1)S(C)(=O)=O. The zero-order valence-corrected chi connectivity index (χ0v) is 20.4. The topological polar surface area (TPSA) is 86.8 Å². The minimum Gasteiger partial charge on any atom is -0.357 e. The molecule has 3 aromatic rings. The van der Waals surface area contributed by atoms with Crippen molar-refractivity contribution < 1.29 is 22.4 Å². The first-order chi connectivity index (χ1) is 16.7. The molecule has 0 radical (unpaired) electrons. The average molecular weight is 498 g/mol. The molecule has 0 aliphatic heterocycles. The molecule has 0 aliphatic rings. The Morgan fingerprint density at radius 3 is 2.06 bits per heavy atom. The first-order valence-electron chi connectivity index (χ1n) is 11.0. The normalized spacial score (nSPS) is 12.0. The van der Waals surface area contributed by atoms with Gasteiger partial charge in [0.05, 0.1) is 11.9 Å². The summed E-state index contributed by atoms with van der Waals surface area (Å²) in [6, 6.07) is 22.3. The van der Waals surface area contributed by atoms with Crippen LogP contribution in [0.25, 0.3) is 0 Å². The van der Waals surface area contributed by atoms with E-state index < -0.39 is 40.2 Å². The molecule has 1 N–H and O–H groups in total. The highest BCUT2D eigenvalue weighted by Crippen LogP contribution is 2.20. The maximum Gasteiger partial charge on any atom is 0.244 e. The minimum atomic E-state index is -3.83. The number of sulfonamides is 1. The second kappa shape index (κ2) is 11.6. The van der Waals surface area contributed by atoms with Crippen LogP contribution in [0.3, 0.4) is 0 Å². The summed E-state index contributed by atoms with van der Waals surface area (Å²) in [7, 11) is -2.37. The molecule has 3 aromatic carbocycles. The van der Waals surface area contributed by atoms with Gasteiger partial charge in [-0.25, -0.2) is 12.8 Å². The van der Waals surface area contributed by atoms with Crippen LogP contribution in [0.4, 0.5) is 10.1 Å². The van der Waals surface area contributed by atoms with Crippen LogP contribution in [-0.4, -0.2) is 51.0 Å². The molecule has 3 rings (SSSR count). The van der Waals surface area contributed by atoms with Crippen LogP contribution in [-0.2, 0) is 32.6 Å². The predicted molar refractivity (Wildman–Crippen MR) is 134 cm³/mol. The quantitative estimate of drug-likeness (QED) is 0.467. The van der Waals surface area contributed by atoms with Gasteiger partial charge in [0, 0.05) is 25.6 Å². The first-order valence-corrected chi connectivity index (χ1v) is 12.9.